The third-order valence-electron chi connectivity index (χ3n) is 5.88. The van der Waals surface area contributed by atoms with Crippen molar-refractivity contribution < 1.29 is 0 Å². The van der Waals surface area contributed by atoms with Crippen LogP contribution in [0, 0.1) is 5.92 Å². The number of hydrogen-bond acceptors (Lipinski definition) is 6. The maximum absolute atomic E-state index is 6.36. The van der Waals surface area contributed by atoms with E-state index in [2.05, 4.69) is 56.2 Å². The van der Waals surface area contributed by atoms with Gasteiger partial charge in [0.05, 0.1) is 18.5 Å². The summed E-state index contributed by atoms with van der Waals surface area (Å²) in [6, 6.07) is 0. The van der Waals surface area contributed by atoms with Gasteiger partial charge in [0, 0.05) is 25.2 Å². The summed E-state index contributed by atoms with van der Waals surface area (Å²) in [6.45, 7) is 18.0. The Morgan fingerprint density at radius 3 is 1.54 bits per heavy atom. The number of nitrogens with two attached hydrogens (primary N) is 3. The lowest BCUT2D eigenvalue weighted by Crippen LogP contribution is -2.69. The van der Waals surface area contributed by atoms with Crippen molar-refractivity contribution in [3.05, 3.63) is 0 Å². The predicted molar refractivity (Wildman–Crippen MR) is 103 cm³/mol. The smallest absolute Gasteiger partial charge is 0.0620 e. The molecule has 0 aromatic heterocycles. The van der Waals surface area contributed by atoms with Gasteiger partial charge in [-0.25, -0.2) is 0 Å². The Bertz CT molecular complexity index is 334. The zero-order valence-corrected chi connectivity index (χ0v) is 16.8. The van der Waals surface area contributed by atoms with Crippen molar-refractivity contribution in [2.75, 3.05) is 32.7 Å². The molecular formula is C18H42N6. The van der Waals surface area contributed by atoms with E-state index in [4.69, 9.17) is 17.2 Å². The van der Waals surface area contributed by atoms with E-state index in [9.17, 15) is 0 Å². The summed E-state index contributed by atoms with van der Waals surface area (Å²) in [5, 5.41) is 0. The molecule has 0 radical (unpaired) electrons. The lowest BCUT2D eigenvalue weighted by molar-refractivity contribution is -0.161. The molecule has 1 aliphatic rings. The minimum Gasteiger partial charge on any atom is -0.330 e. The first-order chi connectivity index (χ1) is 11.1. The third-order valence-corrected chi connectivity index (χ3v) is 5.88. The van der Waals surface area contributed by atoms with Crippen LogP contribution in [0.3, 0.4) is 0 Å². The molecule has 0 aromatic rings. The van der Waals surface area contributed by atoms with Gasteiger partial charge >= 0.3 is 0 Å². The van der Waals surface area contributed by atoms with E-state index in [0.717, 1.165) is 45.6 Å². The van der Waals surface area contributed by atoms with E-state index in [1.165, 1.54) is 0 Å². The molecule has 144 valence electrons. The summed E-state index contributed by atoms with van der Waals surface area (Å²) in [5.74, 6) is 0.420. The Hall–Kier alpha value is -0.240. The number of rotatable bonds is 9. The quantitative estimate of drug-likeness (QED) is 0.580. The molecule has 6 nitrogen and oxygen atoms in total. The van der Waals surface area contributed by atoms with Crippen LogP contribution in [0.5, 0.6) is 0 Å². The van der Waals surface area contributed by atoms with Gasteiger partial charge in [0.25, 0.3) is 0 Å². The molecule has 1 aliphatic heterocycles. The molecule has 0 saturated carbocycles. The Labute approximate surface area is 149 Å². The van der Waals surface area contributed by atoms with Crippen molar-refractivity contribution in [3.63, 3.8) is 0 Å². The van der Waals surface area contributed by atoms with Crippen molar-refractivity contribution in [3.8, 4) is 0 Å². The van der Waals surface area contributed by atoms with Gasteiger partial charge in [-0.15, -0.1) is 0 Å². The molecule has 24 heavy (non-hydrogen) atoms. The zero-order chi connectivity index (χ0) is 18.5. The van der Waals surface area contributed by atoms with Crippen molar-refractivity contribution in [2.24, 2.45) is 23.1 Å². The van der Waals surface area contributed by atoms with E-state index in [1.54, 1.807) is 0 Å². The molecule has 1 fully saturated rings. The van der Waals surface area contributed by atoms with E-state index in [0.29, 0.717) is 24.4 Å². The fraction of sp³-hybridized carbons (Fsp3) is 1.00. The normalized spacial score (nSPS) is 29.1. The molecule has 1 heterocycles. The minimum absolute atomic E-state index is 0.174. The fourth-order valence-corrected chi connectivity index (χ4v) is 3.66. The third kappa shape index (κ3) is 5.38. The summed E-state index contributed by atoms with van der Waals surface area (Å²) in [4.78, 5) is 7.73. The zero-order valence-electron chi connectivity index (χ0n) is 16.8. The second-order valence-electron chi connectivity index (χ2n) is 8.07. The summed E-state index contributed by atoms with van der Waals surface area (Å²) in [6.07, 6.45) is 3.24. The molecule has 0 spiro atoms. The van der Waals surface area contributed by atoms with Crippen LogP contribution in [-0.4, -0.2) is 71.5 Å². The average Bonchev–Trinajstić information content (AvgIpc) is 2.50. The van der Waals surface area contributed by atoms with Crippen LogP contribution in [0.1, 0.15) is 54.4 Å². The maximum atomic E-state index is 6.36. The SMILES string of the molecule is CC1N(CCCN)C(C)N(CC(C)C(C)(C)N)C(C)N1CCCN. The lowest BCUT2D eigenvalue weighted by Gasteiger charge is -2.56. The second kappa shape index (κ2) is 9.46. The second-order valence-corrected chi connectivity index (χ2v) is 8.07. The highest BCUT2D eigenvalue weighted by atomic mass is 15.6. The number of nitrogens with zero attached hydrogens (tertiary/aromatic N) is 3. The Kier molecular flexibility index (Phi) is 8.59. The highest BCUT2D eigenvalue weighted by Crippen LogP contribution is 2.28. The van der Waals surface area contributed by atoms with Gasteiger partial charge in [0.1, 0.15) is 0 Å². The van der Waals surface area contributed by atoms with Gasteiger partial charge in [0.15, 0.2) is 0 Å². The van der Waals surface area contributed by atoms with E-state index < -0.39 is 0 Å². The molecule has 1 rings (SSSR count). The van der Waals surface area contributed by atoms with E-state index in [-0.39, 0.29) is 5.54 Å². The van der Waals surface area contributed by atoms with Gasteiger partial charge in [0.2, 0.25) is 0 Å². The highest BCUT2D eigenvalue weighted by molar-refractivity contribution is 4.90. The molecule has 0 aromatic carbocycles. The average molecular weight is 343 g/mol. The van der Waals surface area contributed by atoms with Gasteiger partial charge in [-0.2, -0.15) is 0 Å². The lowest BCUT2D eigenvalue weighted by atomic mass is 9.89. The van der Waals surface area contributed by atoms with Crippen molar-refractivity contribution in [2.45, 2.75) is 78.4 Å². The fourth-order valence-electron chi connectivity index (χ4n) is 3.66. The Morgan fingerprint density at radius 1 is 0.833 bits per heavy atom. The molecule has 3 unspecified atom stereocenters. The van der Waals surface area contributed by atoms with Crippen molar-refractivity contribution in [1.29, 1.82) is 0 Å². The molecule has 1 saturated heterocycles. The van der Waals surface area contributed by atoms with Crippen molar-refractivity contribution in [1.82, 2.24) is 14.7 Å². The molecule has 6 heteroatoms. The highest BCUT2D eigenvalue weighted by Gasteiger charge is 2.40. The van der Waals surface area contributed by atoms with Gasteiger partial charge in [-0.05, 0) is 66.5 Å². The largest absolute Gasteiger partial charge is 0.330 e. The Balaban J connectivity index is 2.96. The van der Waals surface area contributed by atoms with Crippen LogP contribution in [0.2, 0.25) is 0 Å². The Morgan fingerprint density at radius 2 is 1.21 bits per heavy atom. The topological polar surface area (TPSA) is 87.8 Å². The van der Waals surface area contributed by atoms with Crippen LogP contribution >= 0.6 is 0 Å². The monoisotopic (exact) mass is 342 g/mol. The first-order valence-corrected chi connectivity index (χ1v) is 9.61. The molecule has 0 amide bonds. The van der Waals surface area contributed by atoms with Crippen LogP contribution < -0.4 is 17.2 Å². The summed E-state index contributed by atoms with van der Waals surface area (Å²) in [7, 11) is 0. The maximum Gasteiger partial charge on any atom is 0.0620 e. The molecule has 3 atom stereocenters. The minimum atomic E-state index is -0.174. The molecule has 0 aliphatic carbocycles. The first kappa shape index (κ1) is 21.8. The molecule has 0 bridgehead atoms. The standard InChI is InChI=1S/C18H42N6/c1-14(18(5,6)21)13-24-16(3)22(11-7-9-19)15(2)23(17(24)4)12-8-10-20/h14-17H,7-13,19-21H2,1-6H3. The van der Waals surface area contributed by atoms with Gasteiger partial charge < -0.3 is 17.2 Å². The molecular weight excluding hydrogens is 300 g/mol. The van der Waals surface area contributed by atoms with Crippen molar-refractivity contribution >= 4 is 0 Å². The number of hydrogen-bond donors (Lipinski definition) is 3. The summed E-state index contributed by atoms with van der Waals surface area (Å²) < 4.78 is 0. The molecule has 6 N–H and O–H groups in total. The van der Waals surface area contributed by atoms with E-state index >= 15 is 0 Å². The van der Waals surface area contributed by atoms with Gasteiger partial charge in [-0.3, -0.25) is 14.7 Å². The van der Waals surface area contributed by atoms with E-state index in [1.807, 2.05) is 0 Å². The van der Waals surface area contributed by atoms with Crippen LogP contribution in [-0.2, 0) is 0 Å². The first-order valence-electron chi connectivity index (χ1n) is 9.61. The van der Waals surface area contributed by atoms with Crippen LogP contribution in [0.25, 0.3) is 0 Å². The summed E-state index contributed by atoms with van der Waals surface area (Å²) >= 11 is 0. The van der Waals surface area contributed by atoms with Crippen LogP contribution in [0.15, 0.2) is 0 Å². The van der Waals surface area contributed by atoms with Crippen LogP contribution in [0.4, 0.5) is 0 Å². The van der Waals surface area contributed by atoms with Gasteiger partial charge in [-0.1, -0.05) is 6.92 Å². The summed E-state index contributed by atoms with van der Waals surface area (Å²) in [5.41, 5.74) is 17.7. The predicted octanol–water partition coefficient (Wildman–Crippen LogP) is 1.02.